The first kappa shape index (κ1) is 16.7. The maximum absolute atomic E-state index is 11.2. The van der Waals surface area contributed by atoms with Crippen LogP contribution in [0, 0.1) is 0 Å². The second-order valence-corrected chi connectivity index (χ2v) is 3.40. The monoisotopic (exact) mass is 217 g/mol. The Kier molecular flexibility index (Phi) is 12.6. The first-order valence-corrected chi connectivity index (χ1v) is 5.71. The lowest BCUT2D eigenvalue weighted by Crippen LogP contribution is -2.38. The quantitative estimate of drug-likeness (QED) is 0.710. The molecular weight excluding hydrogens is 190 g/mol. The van der Waals surface area contributed by atoms with Gasteiger partial charge in [0.05, 0.1) is 0 Å². The van der Waals surface area contributed by atoms with Gasteiger partial charge in [0.2, 0.25) is 0 Å². The van der Waals surface area contributed by atoms with Gasteiger partial charge in [-0.1, -0.05) is 13.8 Å². The van der Waals surface area contributed by atoms with Gasteiger partial charge in [0.25, 0.3) is 0 Å². The molecule has 0 aliphatic rings. The van der Waals surface area contributed by atoms with Crippen molar-refractivity contribution in [2.45, 2.75) is 27.2 Å². The van der Waals surface area contributed by atoms with Crippen molar-refractivity contribution in [1.29, 1.82) is 0 Å². The molecule has 0 spiro atoms. The first-order chi connectivity index (χ1) is 7.07. The summed E-state index contributed by atoms with van der Waals surface area (Å²) in [7, 11) is 5.85. The number of hydrogen-bond acceptors (Lipinski definition) is 2. The number of carbonyl (C=O) groups is 1. The van der Waals surface area contributed by atoms with E-state index < -0.39 is 0 Å². The fourth-order valence-corrected chi connectivity index (χ4v) is 0.869. The van der Waals surface area contributed by atoms with Crippen molar-refractivity contribution in [2.24, 2.45) is 0 Å². The fourth-order valence-electron chi connectivity index (χ4n) is 0.869. The smallest absolute Gasteiger partial charge is 0.317 e. The number of nitrogens with one attached hydrogen (secondary N) is 1. The van der Waals surface area contributed by atoms with Gasteiger partial charge < -0.3 is 15.1 Å². The van der Waals surface area contributed by atoms with Gasteiger partial charge in [-0.15, -0.1) is 0 Å². The maximum atomic E-state index is 11.2. The molecule has 0 aliphatic heterocycles. The average Bonchev–Trinajstić information content (AvgIpc) is 2.25. The van der Waals surface area contributed by atoms with Crippen molar-refractivity contribution in [2.75, 3.05) is 40.8 Å². The van der Waals surface area contributed by atoms with Gasteiger partial charge in [-0.05, 0) is 34.0 Å². The predicted molar refractivity (Wildman–Crippen MR) is 66.2 cm³/mol. The highest BCUT2D eigenvalue weighted by Gasteiger charge is 2.03. The van der Waals surface area contributed by atoms with Crippen LogP contribution < -0.4 is 5.32 Å². The van der Waals surface area contributed by atoms with Gasteiger partial charge in [0.15, 0.2) is 0 Å². The van der Waals surface area contributed by atoms with Crippen LogP contribution in [0.15, 0.2) is 0 Å². The molecule has 0 rings (SSSR count). The molecule has 0 fully saturated rings. The van der Waals surface area contributed by atoms with E-state index >= 15 is 0 Å². The van der Waals surface area contributed by atoms with Crippen LogP contribution in [0.25, 0.3) is 0 Å². The molecule has 0 aromatic carbocycles. The lowest BCUT2D eigenvalue weighted by atomic mass is 10.4. The predicted octanol–water partition coefficient (Wildman–Crippen LogP) is 1.63. The fraction of sp³-hybridized carbons (Fsp3) is 0.909. The molecule has 1 N–H and O–H groups in total. The molecule has 4 nitrogen and oxygen atoms in total. The molecule has 4 heteroatoms. The Morgan fingerprint density at radius 2 is 1.73 bits per heavy atom. The highest BCUT2D eigenvalue weighted by Crippen LogP contribution is 1.85. The summed E-state index contributed by atoms with van der Waals surface area (Å²) in [6.45, 7) is 8.47. The number of hydrogen-bond donors (Lipinski definition) is 1. The number of urea groups is 1. The minimum atomic E-state index is 0.0151. The standard InChI is InChI=1S/C9H21N3O.C2H6/c1-5-12(4)9(13)10-7-6-8-11(2)3;1-2/h5-8H2,1-4H3,(H,10,13);1-2H3. The van der Waals surface area contributed by atoms with Crippen molar-refractivity contribution in [3.63, 3.8) is 0 Å². The summed E-state index contributed by atoms with van der Waals surface area (Å²) < 4.78 is 0. The third-order valence-electron chi connectivity index (χ3n) is 1.88. The van der Waals surface area contributed by atoms with E-state index in [1.165, 1.54) is 0 Å². The van der Waals surface area contributed by atoms with Crippen LogP contribution in [-0.2, 0) is 0 Å². The van der Waals surface area contributed by atoms with Gasteiger partial charge >= 0.3 is 6.03 Å². The van der Waals surface area contributed by atoms with E-state index in [4.69, 9.17) is 0 Å². The molecule has 2 amide bonds. The van der Waals surface area contributed by atoms with Crippen LogP contribution >= 0.6 is 0 Å². The minimum absolute atomic E-state index is 0.0151. The number of rotatable bonds is 5. The summed E-state index contributed by atoms with van der Waals surface area (Å²) in [5.41, 5.74) is 0. The van der Waals surface area contributed by atoms with Crippen LogP contribution in [0.1, 0.15) is 27.2 Å². The van der Waals surface area contributed by atoms with E-state index in [9.17, 15) is 4.79 Å². The Balaban J connectivity index is 0. The number of carbonyl (C=O) groups excluding carboxylic acids is 1. The van der Waals surface area contributed by atoms with E-state index in [-0.39, 0.29) is 6.03 Å². The van der Waals surface area contributed by atoms with E-state index in [0.717, 1.165) is 26.1 Å². The summed E-state index contributed by atoms with van der Waals surface area (Å²) in [5, 5.41) is 2.85. The maximum Gasteiger partial charge on any atom is 0.317 e. The molecule has 0 heterocycles. The van der Waals surface area contributed by atoms with Gasteiger partial charge in [-0.25, -0.2) is 4.79 Å². The Hall–Kier alpha value is -0.770. The average molecular weight is 217 g/mol. The van der Waals surface area contributed by atoms with Crippen LogP contribution in [0.4, 0.5) is 4.79 Å². The minimum Gasteiger partial charge on any atom is -0.338 e. The molecule has 0 radical (unpaired) electrons. The summed E-state index contributed by atoms with van der Waals surface area (Å²) >= 11 is 0. The topological polar surface area (TPSA) is 35.6 Å². The zero-order chi connectivity index (χ0) is 12.3. The van der Waals surface area contributed by atoms with Crippen molar-refractivity contribution < 1.29 is 4.79 Å². The zero-order valence-corrected chi connectivity index (χ0v) is 11.1. The molecule has 0 aromatic rings. The molecule has 0 aromatic heterocycles. The van der Waals surface area contributed by atoms with Crippen LogP contribution in [-0.4, -0.2) is 56.6 Å². The first-order valence-electron chi connectivity index (χ1n) is 5.71. The lowest BCUT2D eigenvalue weighted by molar-refractivity contribution is 0.210. The molecule has 0 atom stereocenters. The van der Waals surface area contributed by atoms with Crippen molar-refractivity contribution >= 4 is 6.03 Å². The highest BCUT2D eigenvalue weighted by atomic mass is 16.2. The third-order valence-corrected chi connectivity index (χ3v) is 1.88. The summed E-state index contributed by atoms with van der Waals surface area (Å²) in [5.74, 6) is 0. The summed E-state index contributed by atoms with van der Waals surface area (Å²) in [6.07, 6.45) is 0.996. The Morgan fingerprint density at radius 1 is 1.20 bits per heavy atom. The molecule has 0 bridgehead atoms. The third kappa shape index (κ3) is 11.2. The SMILES string of the molecule is CC.CCN(C)C(=O)NCCCN(C)C. The number of amides is 2. The second kappa shape index (κ2) is 11.3. The van der Waals surface area contributed by atoms with E-state index in [1.54, 1.807) is 11.9 Å². The highest BCUT2D eigenvalue weighted by molar-refractivity contribution is 5.73. The summed E-state index contributed by atoms with van der Waals surface area (Å²) in [4.78, 5) is 15.0. The number of nitrogens with zero attached hydrogens (tertiary/aromatic N) is 2. The van der Waals surface area contributed by atoms with E-state index in [1.807, 2.05) is 34.9 Å². The molecule has 0 saturated carbocycles. The van der Waals surface area contributed by atoms with Gasteiger partial charge in [-0.2, -0.15) is 0 Å². The molecule has 92 valence electrons. The van der Waals surface area contributed by atoms with Crippen LogP contribution in [0.3, 0.4) is 0 Å². The van der Waals surface area contributed by atoms with Crippen LogP contribution in [0.5, 0.6) is 0 Å². The molecule has 15 heavy (non-hydrogen) atoms. The second-order valence-electron chi connectivity index (χ2n) is 3.40. The van der Waals surface area contributed by atoms with Crippen molar-refractivity contribution in [3.05, 3.63) is 0 Å². The van der Waals surface area contributed by atoms with Gasteiger partial charge in [0, 0.05) is 20.1 Å². The lowest BCUT2D eigenvalue weighted by Gasteiger charge is -2.16. The summed E-state index contributed by atoms with van der Waals surface area (Å²) in [6, 6.07) is 0.0151. The van der Waals surface area contributed by atoms with Crippen LogP contribution in [0.2, 0.25) is 0 Å². The van der Waals surface area contributed by atoms with Crippen molar-refractivity contribution in [1.82, 2.24) is 15.1 Å². The molecule has 0 saturated heterocycles. The van der Waals surface area contributed by atoms with Crippen molar-refractivity contribution in [3.8, 4) is 0 Å². The molecular formula is C11H27N3O. The van der Waals surface area contributed by atoms with Gasteiger partial charge in [-0.3, -0.25) is 0 Å². The Bertz CT molecular complexity index is 149. The van der Waals surface area contributed by atoms with Gasteiger partial charge in [0.1, 0.15) is 0 Å². The Labute approximate surface area is 94.6 Å². The Morgan fingerprint density at radius 3 is 2.13 bits per heavy atom. The normalized spacial score (nSPS) is 9.27. The molecule has 0 unspecified atom stereocenters. The largest absolute Gasteiger partial charge is 0.338 e. The molecule has 0 aliphatic carbocycles. The zero-order valence-electron chi connectivity index (χ0n) is 11.1. The van der Waals surface area contributed by atoms with E-state index in [2.05, 4.69) is 10.2 Å². The van der Waals surface area contributed by atoms with E-state index in [0.29, 0.717) is 0 Å².